The first-order chi connectivity index (χ1) is 15.5. The standard InChI is InChI=1S/C25H32N4O2S/c1-4-19-11-9-12-20(17-19)26-23(30)18-32-25-27-22-14-8-7-13-21(22)24(31)29(25)16-10-15-28(5-2)6-3/h7-9,11-14,17H,4-6,10,15-16,18H2,1-3H3,(H,26,30). The molecule has 0 unspecified atom stereocenters. The van der Waals surface area contributed by atoms with Crippen molar-refractivity contribution in [2.24, 2.45) is 0 Å². The quantitative estimate of drug-likeness (QED) is 0.345. The topological polar surface area (TPSA) is 67.2 Å². The Bertz CT molecular complexity index is 1110. The fraction of sp³-hybridized carbons (Fsp3) is 0.400. The summed E-state index contributed by atoms with van der Waals surface area (Å²) in [5.74, 6) is 0.0809. The van der Waals surface area contributed by atoms with Crippen molar-refractivity contribution in [1.82, 2.24) is 14.5 Å². The summed E-state index contributed by atoms with van der Waals surface area (Å²) in [4.78, 5) is 32.8. The van der Waals surface area contributed by atoms with Crippen molar-refractivity contribution in [1.29, 1.82) is 0 Å². The number of aromatic nitrogens is 2. The van der Waals surface area contributed by atoms with Crippen LogP contribution in [0.4, 0.5) is 5.69 Å². The molecule has 0 fully saturated rings. The van der Waals surface area contributed by atoms with E-state index < -0.39 is 0 Å². The average Bonchev–Trinajstić information content (AvgIpc) is 2.82. The van der Waals surface area contributed by atoms with Crippen molar-refractivity contribution < 1.29 is 4.79 Å². The van der Waals surface area contributed by atoms with Gasteiger partial charge >= 0.3 is 0 Å². The lowest BCUT2D eigenvalue weighted by Crippen LogP contribution is -2.28. The third-order valence-corrected chi connectivity index (χ3v) is 6.50. The summed E-state index contributed by atoms with van der Waals surface area (Å²) in [7, 11) is 0. The molecule has 0 aliphatic heterocycles. The van der Waals surface area contributed by atoms with E-state index in [1.165, 1.54) is 17.3 Å². The number of benzene rings is 2. The number of thioether (sulfide) groups is 1. The first kappa shape index (κ1) is 24.0. The number of hydrogen-bond donors (Lipinski definition) is 1. The maximum atomic E-state index is 13.2. The minimum absolute atomic E-state index is 0.0475. The molecule has 0 radical (unpaired) electrons. The second-order valence-corrected chi connectivity index (χ2v) is 8.58. The Labute approximate surface area is 194 Å². The highest BCUT2D eigenvalue weighted by Gasteiger charge is 2.14. The van der Waals surface area contributed by atoms with Crippen LogP contribution in [0.25, 0.3) is 10.9 Å². The summed E-state index contributed by atoms with van der Waals surface area (Å²) in [5.41, 5.74) is 2.58. The number of nitrogens with zero attached hydrogens (tertiary/aromatic N) is 3. The van der Waals surface area contributed by atoms with E-state index in [4.69, 9.17) is 4.98 Å². The fourth-order valence-corrected chi connectivity index (χ4v) is 4.47. The Morgan fingerprint density at radius 3 is 2.62 bits per heavy atom. The number of aryl methyl sites for hydroxylation is 1. The van der Waals surface area contributed by atoms with Crippen LogP contribution in [-0.4, -0.2) is 45.7 Å². The second kappa shape index (κ2) is 11.8. The molecule has 0 bridgehead atoms. The lowest BCUT2D eigenvalue weighted by Gasteiger charge is -2.19. The molecule has 0 spiro atoms. The largest absolute Gasteiger partial charge is 0.325 e. The van der Waals surface area contributed by atoms with Crippen LogP contribution in [-0.2, 0) is 17.8 Å². The second-order valence-electron chi connectivity index (χ2n) is 7.64. The Morgan fingerprint density at radius 1 is 1.09 bits per heavy atom. The van der Waals surface area contributed by atoms with E-state index in [0.29, 0.717) is 22.6 Å². The van der Waals surface area contributed by atoms with E-state index in [-0.39, 0.29) is 17.2 Å². The van der Waals surface area contributed by atoms with Crippen LogP contribution in [0, 0.1) is 0 Å². The van der Waals surface area contributed by atoms with Gasteiger partial charge in [0.2, 0.25) is 5.91 Å². The predicted molar refractivity (Wildman–Crippen MR) is 134 cm³/mol. The molecular weight excluding hydrogens is 420 g/mol. The van der Waals surface area contributed by atoms with Gasteiger partial charge < -0.3 is 10.2 Å². The van der Waals surface area contributed by atoms with E-state index in [2.05, 4.69) is 31.0 Å². The number of para-hydroxylation sites is 1. The van der Waals surface area contributed by atoms with Crippen LogP contribution in [0.2, 0.25) is 0 Å². The van der Waals surface area contributed by atoms with Crippen molar-refractivity contribution in [2.75, 3.05) is 30.7 Å². The van der Waals surface area contributed by atoms with E-state index in [1.807, 2.05) is 48.5 Å². The molecule has 32 heavy (non-hydrogen) atoms. The lowest BCUT2D eigenvalue weighted by molar-refractivity contribution is -0.113. The highest BCUT2D eigenvalue weighted by atomic mass is 32.2. The molecule has 170 valence electrons. The van der Waals surface area contributed by atoms with Gasteiger partial charge in [0.05, 0.1) is 16.7 Å². The van der Waals surface area contributed by atoms with Gasteiger partial charge in [-0.3, -0.25) is 14.2 Å². The molecule has 0 aliphatic carbocycles. The zero-order chi connectivity index (χ0) is 22.9. The van der Waals surface area contributed by atoms with Crippen molar-refractivity contribution in [3.8, 4) is 0 Å². The SMILES string of the molecule is CCc1cccc(NC(=O)CSc2nc3ccccc3c(=O)n2CCCN(CC)CC)c1. The molecular formula is C25H32N4O2S. The van der Waals surface area contributed by atoms with Crippen LogP contribution in [0.5, 0.6) is 0 Å². The Kier molecular flexibility index (Phi) is 8.88. The molecule has 3 rings (SSSR count). The van der Waals surface area contributed by atoms with Gasteiger partial charge in [-0.15, -0.1) is 0 Å². The van der Waals surface area contributed by atoms with Gasteiger partial charge in [-0.05, 0) is 62.3 Å². The van der Waals surface area contributed by atoms with Gasteiger partial charge in [-0.25, -0.2) is 4.98 Å². The van der Waals surface area contributed by atoms with E-state index in [9.17, 15) is 9.59 Å². The number of fused-ring (bicyclic) bond motifs is 1. The van der Waals surface area contributed by atoms with Gasteiger partial charge in [0.1, 0.15) is 0 Å². The molecule has 6 nitrogen and oxygen atoms in total. The zero-order valence-electron chi connectivity index (χ0n) is 19.1. The number of carbonyl (C=O) groups excluding carboxylic acids is 1. The summed E-state index contributed by atoms with van der Waals surface area (Å²) in [6.07, 6.45) is 1.77. The molecule has 0 saturated heterocycles. The molecule has 2 aromatic carbocycles. The molecule has 1 amide bonds. The Balaban J connectivity index is 1.76. The smallest absolute Gasteiger partial charge is 0.262 e. The van der Waals surface area contributed by atoms with E-state index in [1.54, 1.807) is 4.57 Å². The number of amides is 1. The van der Waals surface area contributed by atoms with Gasteiger partial charge in [-0.1, -0.05) is 56.8 Å². The summed E-state index contributed by atoms with van der Waals surface area (Å²) in [5, 5.41) is 4.15. The fourth-order valence-electron chi connectivity index (χ4n) is 3.64. The van der Waals surface area contributed by atoms with Gasteiger partial charge in [0.25, 0.3) is 5.56 Å². The summed E-state index contributed by atoms with van der Waals surface area (Å²) in [6.45, 7) is 9.85. The predicted octanol–water partition coefficient (Wildman–Crippen LogP) is 4.42. The van der Waals surface area contributed by atoms with Crippen molar-refractivity contribution in [3.05, 3.63) is 64.4 Å². The first-order valence-electron chi connectivity index (χ1n) is 11.3. The number of carbonyl (C=O) groups is 1. The van der Waals surface area contributed by atoms with Crippen molar-refractivity contribution >= 4 is 34.3 Å². The molecule has 7 heteroatoms. The maximum absolute atomic E-state index is 13.2. The average molecular weight is 453 g/mol. The number of nitrogens with one attached hydrogen (secondary N) is 1. The third-order valence-electron chi connectivity index (χ3n) is 5.53. The number of rotatable bonds is 11. The van der Waals surface area contributed by atoms with Crippen LogP contribution in [0.1, 0.15) is 32.8 Å². The van der Waals surface area contributed by atoms with Crippen molar-refractivity contribution in [3.63, 3.8) is 0 Å². The van der Waals surface area contributed by atoms with Crippen LogP contribution < -0.4 is 10.9 Å². The molecule has 0 aliphatic rings. The first-order valence-corrected chi connectivity index (χ1v) is 12.3. The molecule has 1 heterocycles. The normalized spacial score (nSPS) is 11.2. The van der Waals surface area contributed by atoms with Crippen LogP contribution in [0.15, 0.2) is 58.5 Å². The highest BCUT2D eigenvalue weighted by molar-refractivity contribution is 7.99. The van der Waals surface area contributed by atoms with Gasteiger partial charge in [-0.2, -0.15) is 0 Å². The third kappa shape index (κ3) is 6.20. The van der Waals surface area contributed by atoms with Crippen molar-refractivity contribution in [2.45, 2.75) is 45.3 Å². The molecule has 1 aromatic heterocycles. The van der Waals surface area contributed by atoms with E-state index in [0.717, 1.165) is 38.2 Å². The molecule has 0 atom stereocenters. The minimum Gasteiger partial charge on any atom is -0.325 e. The maximum Gasteiger partial charge on any atom is 0.262 e. The zero-order valence-corrected chi connectivity index (χ0v) is 20.0. The minimum atomic E-state index is -0.111. The van der Waals surface area contributed by atoms with Gasteiger partial charge in [0, 0.05) is 12.2 Å². The molecule has 3 aromatic rings. The monoisotopic (exact) mass is 452 g/mol. The number of anilines is 1. The Hall–Kier alpha value is -2.64. The molecule has 0 saturated carbocycles. The lowest BCUT2D eigenvalue weighted by atomic mass is 10.1. The molecule has 1 N–H and O–H groups in total. The van der Waals surface area contributed by atoms with Crippen LogP contribution >= 0.6 is 11.8 Å². The van der Waals surface area contributed by atoms with E-state index >= 15 is 0 Å². The summed E-state index contributed by atoms with van der Waals surface area (Å²) < 4.78 is 1.72. The Morgan fingerprint density at radius 2 is 1.88 bits per heavy atom. The summed E-state index contributed by atoms with van der Waals surface area (Å²) >= 11 is 1.31. The summed E-state index contributed by atoms with van der Waals surface area (Å²) in [6, 6.07) is 15.3. The number of hydrogen-bond acceptors (Lipinski definition) is 5. The van der Waals surface area contributed by atoms with Gasteiger partial charge in [0.15, 0.2) is 5.16 Å². The highest BCUT2D eigenvalue weighted by Crippen LogP contribution is 2.19. The van der Waals surface area contributed by atoms with Crippen LogP contribution in [0.3, 0.4) is 0 Å².